The third-order valence-corrected chi connectivity index (χ3v) is 2.95. The summed E-state index contributed by atoms with van der Waals surface area (Å²) in [5.74, 6) is 1.18. The number of thioether (sulfide) groups is 1. The summed E-state index contributed by atoms with van der Waals surface area (Å²) in [5.41, 5.74) is 2.65. The highest BCUT2D eigenvalue weighted by molar-refractivity contribution is 7.98. The first-order valence-corrected chi connectivity index (χ1v) is 5.94. The van der Waals surface area contributed by atoms with Crippen LogP contribution in [-0.4, -0.2) is 18.6 Å². The average Bonchev–Trinajstić information content (AvgIpc) is 2.37. The molecule has 0 atom stereocenters. The van der Waals surface area contributed by atoms with Crippen LogP contribution in [0.25, 0.3) is 0 Å². The van der Waals surface area contributed by atoms with E-state index in [1.165, 1.54) is 17.0 Å². The summed E-state index contributed by atoms with van der Waals surface area (Å²) >= 11 is 3.63. The van der Waals surface area contributed by atoms with Crippen molar-refractivity contribution in [2.45, 2.75) is 6.92 Å². The normalized spacial score (nSPS) is 10.0. The van der Waals surface area contributed by atoms with Crippen molar-refractivity contribution in [1.29, 1.82) is 0 Å². The van der Waals surface area contributed by atoms with Crippen molar-refractivity contribution in [2.24, 2.45) is 0 Å². The van der Waals surface area contributed by atoms with Crippen LogP contribution >= 0.6 is 23.1 Å². The fourth-order valence-corrected chi connectivity index (χ4v) is 1.94. The maximum atomic E-state index is 3.38. The van der Waals surface area contributed by atoms with Gasteiger partial charge in [0.25, 0.3) is 0 Å². The van der Waals surface area contributed by atoms with Crippen molar-refractivity contribution in [3.8, 4) is 0 Å². The lowest BCUT2D eigenvalue weighted by atomic mass is 10.3. The molecule has 1 N–H and O–H groups in total. The van der Waals surface area contributed by atoms with Crippen LogP contribution in [0.3, 0.4) is 0 Å². The van der Waals surface area contributed by atoms with Crippen molar-refractivity contribution in [1.82, 2.24) is 0 Å². The van der Waals surface area contributed by atoms with Gasteiger partial charge < -0.3 is 5.32 Å². The van der Waals surface area contributed by atoms with E-state index in [4.69, 9.17) is 0 Å². The molecule has 0 aliphatic carbocycles. The first kappa shape index (κ1) is 8.94. The second-order valence-corrected chi connectivity index (χ2v) is 4.12. The Labute approximate surface area is 76.2 Å². The summed E-state index contributed by atoms with van der Waals surface area (Å²) in [7, 11) is 0. The minimum atomic E-state index is 1.07. The Morgan fingerprint density at radius 1 is 1.55 bits per heavy atom. The molecule has 1 heterocycles. The number of nitrogens with one attached hydrogen (secondary N) is 1. The Morgan fingerprint density at radius 2 is 2.36 bits per heavy atom. The maximum Gasteiger partial charge on any atom is 0.0478 e. The molecule has 1 aromatic heterocycles. The Balaban J connectivity index is 2.32. The molecule has 0 aliphatic heterocycles. The van der Waals surface area contributed by atoms with E-state index in [0.29, 0.717) is 0 Å². The van der Waals surface area contributed by atoms with Gasteiger partial charge in [-0.05, 0) is 24.1 Å². The Morgan fingerprint density at radius 3 is 2.91 bits per heavy atom. The smallest absolute Gasteiger partial charge is 0.0478 e. The number of hydrogen-bond acceptors (Lipinski definition) is 3. The molecule has 0 aliphatic rings. The monoisotopic (exact) mass is 187 g/mol. The van der Waals surface area contributed by atoms with Gasteiger partial charge >= 0.3 is 0 Å². The number of anilines is 1. The fourth-order valence-electron chi connectivity index (χ4n) is 0.829. The summed E-state index contributed by atoms with van der Waals surface area (Å²) in [5, 5.41) is 7.71. The summed E-state index contributed by atoms with van der Waals surface area (Å²) in [6, 6.07) is 0. The molecule has 62 valence electrons. The fraction of sp³-hybridized carbons (Fsp3) is 0.500. The van der Waals surface area contributed by atoms with Gasteiger partial charge in [0.15, 0.2) is 0 Å². The van der Waals surface area contributed by atoms with E-state index >= 15 is 0 Å². The number of thiophene rings is 1. The molecule has 11 heavy (non-hydrogen) atoms. The van der Waals surface area contributed by atoms with E-state index in [9.17, 15) is 0 Å². The van der Waals surface area contributed by atoms with Crippen molar-refractivity contribution >= 4 is 28.8 Å². The lowest BCUT2D eigenvalue weighted by Gasteiger charge is -2.02. The molecule has 0 saturated carbocycles. The quantitative estimate of drug-likeness (QED) is 0.727. The van der Waals surface area contributed by atoms with Crippen molar-refractivity contribution in [2.75, 3.05) is 23.9 Å². The van der Waals surface area contributed by atoms with Gasteiger partial charge in [-0.15, -0.1) is 11.3 Å². The van der Waals surface area contributed by atoms with Crippen molar-refractivity contribution in [3.05, 3.63) is 16.3 Å². The SMILES string of the molecule is CSCCNc1cscc1C. The lowest BCUT2D eigenvalue weighted by Crippen LogP contribution is -2.03. The molecular formula is C8H13NS2. The van der Waals surface area contributed by atoms with Crippen LogP contribution in [0.15, 0.2) is 10.8 Å². The zero-order valence-corrected chi connectivity index (χ0v) is 8.52. The largest absolute Gasteiger partial charge is 0.383 e. The highest BCUT2D eigenvalue weighted by atomic mass is 32.2. The number of aryl methyl sites for hydroxylation is 1. The first-order chi connectivity index (χ1) is 5.34. The molecule has 0 saturated heterocycles. The van der Waals surface area contributed by atoms with E-state index < -0.39 is 0 Å². The molecule has 0 radical (unpaired) electrons. The van der Waals surface area contributed by atoms with E-state index in [0.717, 1.165) is 6.54 Å². The van der Waals surface area contributed by atoms with Gasteiger partial charge in [-0.1, -0.05) is 0 Å². The Kier molecular flexibility index (Phi) is 3.80. The summed E-state index contributed by atoms with van der Waals surface area (Å²) in [4.78, 5) is 0. The van der Waals surface area contributed by atoms with Gasteiger partial charge in [-0.25, -0.2) is 0 Å². The van der Waals surface area contributed by atoms with Crippen LogP contribution in [0.2, 0.25) is 0 Å². The second kappa shape index (κ2) is 4.67. The van der Waals surface area contributed by atoms with Crippen LogP contribution in [0.1, 0.15) is 5.56 Å². The predicted molar refractivity (Wildman–Crippen MR) is 55.9 cm³/mol. The summed E-state index contributed by atoms with van der Waals surface area (Å²) in [6.45, 7) is 3.21. The summed E-state index contributed by atoms with van der Waals surface area (Å²) < 4.78 is 0. The average molecular weight is 187 g/mol. The number of hydrogen-bond donors (Lipinski definition) is 1. The zero-order chi connectivity index (χ0) is 8.10. The molecule has 1 nitrogen and oxygen atoms in total. The third kappa shape index (κ3) is 2.75. The molecule has 0 spiro atoms. The van der Waals surface area contributed by atoms with Gasteiger partial charge in [-0.2, -0.15) is 11.8 Å². The van der Waals surface area contributed by atoms with Crippen molar-refractivity contribution in [3.63, 3.8) is 0 Å². The van der Waals surface area contributed by atoms with Crippen LogP contribution in [-0.2, 0) is 0 Å². The highest BCUT2D eigenvalue weighted by Gasteiger charge is 1.95. The van der Waals surface area contributed by atoms with Crippen LogP contribution in [0, 0.1) is 6.92 Å². The van der Waals surface area contributed by atoms with Crippen LogP contribution < -0.4 is 5.32 Å². The molecule has 1 rings (SSSR count). The zero-order valence-electron chi connectivity index (χ0n) is 6.89. The minimum Gasteiger partial charge on any atom is -0.383 e. The summed E-state index contributed by atoms with van der Waals surface area (Å²) in [6.07, 6.45) is 2.13. The van der Waals surface area contributed by atoms with E-state index in [1.54, 1.807) is 11.3 Å². The number of rotatable bonds is 4. The predicted octanol–water partition coefficient (Wildman–Crippen LogP) is 2.83. The third-order valence-electron chi connectivity index (χ3n) is 1.48. The highest BCUT2D eigenvalue weighted by Crippen LogP contribution is 2.18. The first-order valence-electron chi connectivity index (χ1n) is 3.60. The van der Waals surface area contributed by atoms with E-state index in [1.807, 2.05) is 11.8 Å². The molecule has 0 bridgehead atoms. The Bertz CT molecular complexity index is 208. The molecule has 0 aromatic carbocycles. The van der Waals surface area contributed by atoms with Crippen molar-refractivity contribution < 1.29 is 0 Å². The maximum absolute atomic E-state index is 3.38. The minimum absolute atomic E-state index is 1.07. The standard InChI is InChI=1S/C8H13NS2/c1-7-5-11-6-8(7)9-3-4-10-2/h5-6,9H,3-4H2,1-2H3. The molecule has 3 heteroatoms. The Hall–Kier alpha value is -0.150. The molecule has 0 amide bonds. The van der Waals surface area contributed by atoms with Gasteiger partial charge in [0, 0.05) is 23.4 Å². The van der Waals surface area contributed by atoms with Crippen LogP contribution in [0.4, 0.5) is 5.69 Å². The van der Waals surface area contributed by atoms with Crippen LogP contribution in [0.5, 0.6) is 0 Å². The van der Waals surface area contributed by atoms with Gasteiger partial charge in [0.1, 0.15) is 0 Å². The molecular weight excluding hydrogens is 174 g/mol. The van der Waals surface area contributed by atoms with E-state index in [-0.39, 0.29) is 0 Å². The lowest BCUT2D eigenvalue weighted by molar-refractivity contribution is 1.22. The van der Waals surface area contributed by atoms with Gasteiger partial charge in [-0.3, -0.25) is 0 Å². The molecule has 0 fully saturated rings. The molecule has 1 aromatic rings. The second-order valence-electron chi connectivity index (χ2n) is 2.39. The topological polar surface area (TPSA) is 12.0 Å². The van der Waals surface area contributed by atoms with E-state index in [2.05, 4.69) is 29.3 Å². The van der Waals surface area contributed by atoms with Gasteiger partial charge in [0.2, 0.25) is 0 Å². The molecule has 0 unspecified atom stereocenters. The van der Waals surface area contributed by atoms with Gasteiger partial charge in [0.05, 0.1) is 0 Å².